The average Bonchev–Trinajstić information content (AvgIpc) is 2.91. The minimum atomic E-state index is -0.583. The summed E-state index contributed by atoms with van der Waals surface area (Å²) in [6, 6.07) is 26.1. The van der Waals surface area contributed by atoms with Crippen LogP contribution in [-0.2, 0) is 18.0 Å². The monoisotopic (exact) mass is 596 g/mol. The number of carbonyl (C=O) groups excluding carboxylic acids is 1. The normalized spacial score (nSPS) is 11.0. The lowest BCUT2D eigenvalue weighted by Gasteiger charge is -2.11. The molecule has 0 unspecified atom stereocenters. The number of amides is 1. The van der Waals surface area contributed by atoms with Crippen molar-refractivity contribution < 1.29 is 14.3 Å². The standard InChI is InChI=1S/C30H20Cl4N2O3/c31-23-3-1-2-19(12-23)17-39-29-11-6-24(32)14-21(29)13-22(16-35)30(37)36-26-7-9-27(10-8-26)38-18-20-4-5-25(33)15-28(20)34/h1-15H,17-18H2,(H,36,37)/b22-13+. The van der Waals surface area contributed by atoms with Gasteiger partial charge in [0.1, 0.15) is 36.4 Å². The lowest BCUT2D eigenvalue weighted by Crippen LogP contribution is -2.13. The first-order valence-corrected chi connectivity index (χ1v) is 13.1. The molecule has 4 aromatic carbocycles. The smallest absolute Gasteiger partial charge is 0.266 e. The second-order valence-electron chi connectivity index (χ2n) is 8.27. The summed E-state index contributed by atoms with van der Waals surface area (Å²) < 4.78 is 11.7. The van der Waals surface area contributed by atoms with Gasteiger partial charge >= 0.3 is 0 Å². The van der Waals surface area contributed by atoms with E-state index in [9.17, 15) is 10.1 Å². The predicted octanol–water partition coefficient (Wildman–Crippen LogP) is 9.00. The zero-order chi connectivity index (χ0) is 27.8. The van der Waals surface area contributed by atoms with Gasteiger partial charge in [-0.15, -0.1) is 0 Å². The van der Waals surface area contributed by atoms with Crippen LogP contribution in [0.15, 0.2) is 90.5 Å². The van der Waals surface area contributed by atoms with Crippen molar-refractivity contribution in [2.24, 2.45) is 0 Å². The molecule has 0 saturated heterocycles. The minimum Gasteiger partial charge on any atom is -0.489 e. The molecule has 0 aliphatic rings. The van der Waals surface area contributed by atoms with Crippen LogP contribution in [0.25, 0.3) is 6.08 Å². The largest absolute Gasteiger partial charge is 0.489 e. The topological polar surface area (TPSA) is 71.3 Å². The van der Waals surface area contributed by atoms with Crippen molar-refractivity contribution in [3.05, 3.63) is 127 Å². The highest BCUT2D eigenvalue weighted by Gasteiger charge is 2.13. The highest BCUT2D eigenvalue weighted by molar-refractivity contribution is 6.35. The Bertz CT molecular complexity index is 1560. The Hall–Kier alpha value is -3.66. The van der Waals surface area contributed by atoms with Crippen molar-refractivity contribution in [1.82, 2.24) is 0 Å². The Morgan fingerprint density at radius 1 is 0.821 bits per heavy atom. The van der Waals surface area contributed by atoms with E-state index < -0.39 is 5.91 Å². The molecule has 0 aliphatic carbocycles. The van der Waals surface area contributed by atoms with Crippen LogP contribution in [0.5, 0.6) is 11.5 Å². The molecule has 0 fully saturated rings. The first kappa shape index (κ1) is 28.4. The van der Waals surface area contributed by atoms with Gasteiger partial charge in [-0.05, 0) is 78.4 Å². The molecule has 5 nitrogen and oxygen atoms in total. The van der Waals surface area contributed by atoms with E-state index in [-0.39, 0.29) is 18.8 Å². The Kier molecular flexibility index (Phi) is 9.75. The van der Waals surface area contributed by atoms with Gasteiger partial charge in [0.25, 0.3) is 5.91 Å². The van der Waals surface area contributed by atoms with Gasteiger partial charge in [0.2, 0.25) is 0 Å². The van der Waals surface area contributed by atoms with E-state index in [1.54, 1.807) is 72.8 Å². The average molecular weight is 598 g/mol. The fourth-order valence-corrected chi connectivity index (χ4v) is 4.34. The summed E-state index contributed by atoms with van der Waals surface area (Å²) in [4.78, 5) is 12.9. The molecule has 1 N–H and O–H groups in total. The Balaban J connectivity index is 1.42. The molecule has 4 aromatic rings. The first-order chi connectivity index (χ1) is 18.8. The third-order valence-corrected chi connectivity index (χ3v) is 6.50. The molecular weight excluding hydrogens is 578 g/mol. The Morgan fingerprint density at radius 3 is 2.26 bits per heavy atom. The van der Waals surface area contributed by atoms with E-state index in [1.807, 2.05) is 18.2 Å². The highest BCUT2D eigenvalue weighted by Crippen LogP contribution is 2.27. The minimum absolute atomic E-state index is 0.123. The molecule has 0 aromatic heterocycles. The number of nitrogens with zero attached hydrogens (tertiary/aromatic N) is 1. The van der Waals surface area contributed by atoms with Crippen LogP contribution in [0, 0.1) is 11.3 Å². The zero-order valence-corrected chi connectivity index (χ0v) is 23.3. The van der Waals surface area contributed by atoms with Gasteiger partial charge < -0.3 is 14.8 Å². The van der Waals surface area contributed by atoms with Gasteiger partial charge in [-0.2, -0.15) is 5.26 Å². The van der Waals surface area contributed by atoms with Crippen molar-refractivity contribution in [3.63, 3.8) is 0 Å². The number of anilines is 1. The van der Waals surface area contributed by atoms with Crippen LogP contribution in [0.4, 0.5) is 5.69 Å². The summed E-state index contributed by atoms with van der Waals surface area (Å²) in [5.41, 5.74) is 2.51. The summed E-state index contributed by atoms with van der Waals surface area (Å²) in [6.45, 7) is 0.500. The third-order valence-electron chi connectivity index (χ3n) is 5.44. The van der Waals surface area contributed by atoms with Crippen molar-refractivity contribution in [2.45, 2.75) is 13.2 Å². The number of halogens is 4. The molecule has 0 aliphatic heterocycles. The molecule has 9 heteroatoms. The van der Waals surface area contributed by atoms with Gasteiger partial charge in [0.15, 0.2) is 0 Å². The molecule has 39 heavy (non-hydrogen) atoms. The van der Waals surface area contributed by atoms with Crippen molar-refractivity contribution in [2.75, 3.05) is 5.32 Å². The molecule has 0 spiro atoms. The van der Waals surface area contributed by atoms with Gasteiger partial charge in [0, 0.05) is 36.9 Å². The van der Waals surface area contributed by atoms with Gasteiger partial charge in [0.05, 0.1) is 0 Å². The van der Waals surface area contributed by atoms with Gasteiger partial charge in [-0.25, -0.2) is 0 Å². The quantitative estimate of drug-likeness (QED) is 0.154. The highest BCUT2D eigenvalue weighted by atomic mass is 35.5. The maximum absolute atomic E-state index is 12.9. The number of hydrogen-bond donors (Lipinski definition) is 1. The van der Waals surface area contributed by atoms with E-state index in [4.69, 9.17) is 55.9 Å². The molecule has 0 heterocycles. The lowest BCUT2D eigenvalue weighted by molar-refractivity contribution is -0.112. The zero-order valence-electron chi connectivity index (χ0n) is 20.3. The fraction of sp³-hybridized carbons (Fsp3) is 0.0667. The van der Waals surface area contributed by atoms with E-state index in [2.05, 4.69) is 5.32 Å². The molecule has 1 amide bonds. The number of nitrogens with one attached hydrogen (secondary N) is 1. The molecule has 196 valence electrons. The molecule has 0 saturated carbocycles. The third kappa shape index (κ3) is 8.16. The van der Waals surface area contributed by atoms with Crippen molar-refractivity contribution in [1.29, 1.82) is 5.26 Å². The number of carbonyl (C=O) groups is 1. The number of nitriles is 1. The van der Waals surface area contributed by atoms with Crippen molar-refractivity contribution >= 4 is 64.1 Å². The van der Waals surface area contributed by atoms with Crippen LogP contribution < -0.4 is 14.8 Å². The lowest BCUT2D eigenvalue weighted by atomic mass is 10.1. The van der Waals surface area contributed by atoms with Crippen LogP contribution in [0.3, 0.4) is 0 Å². The van der Waals surface area contributed by atoms with E-state index >= 15 is 0 Å². The van der Waals surface area contributed by atoms with Gasteiger partial charge in [-0.1, -0.05) is 64.6 Å². The molecular formula is C30H20Cl4N2O3. The summed E-state index contributed by atoms with van der Waals surface area (Å²) >= 11 is 24.3. The van der Waals surface area contributed by atoms with Crippen LogP contribution in [0.2, 0.25) is 20.1 Å². The van der Waals surface area contributed by atoms with Crippen molar-refractivity contribution in [3.8, 4) is 17.6 Å². The van der Waals surface area contributed by atoms with E-state index in [0.717, 1.165) is 11.1 Å². The number of hydrogen-bond acceptors (Lipinski definition) is 4. The number of benzene rings is 4. The predicted molar refractivity (Wildman–Crippen MR) is 157 cm³/mol. The SMILES string of the molecule is N#C/C(=C\c1cc(Cl)ccc1OCc1cccc(Cl)c1)C(=O)Nc1ccc(OCc2ccc(Cl)cc2Cl)cc1. The summed E-state index contributed by atoms with van der Waals surface area (Å²) in [6.07, 6.45) is 1.43. The maximum Gasteiger partial charge on any atom is 0.266 e. The second kappa shape index (κ2) is 13.4. The maximum atomic E-state index is 12.9. The number of rotatable bonds is 9. The van der Waals surface area contributed by atoms with Gasteiger partial charge in [-0.3, -0.25) is 4.79 Å². The summed E-state index contributed by atoms with van der Waals surface area (Å²) in [5, 5.41) is 14.5. The van der Waals surface area contributed by atoms with E-state index in [1.165, 1.54) is 6.08 Å². The van der Waals surface area contributed by atoms with E-state index in [0.29, 0.717) is 42.8 Å². The van der Waals surface area contributed by atoms with Crippen LogP contribution in [0.1, 0.15) is 16.7 Å². The molecule has 0 radical (unpaired) electrons. The summed E-state index contributed by atoms with van der Waals surface area (Å²) in [7, 11) is 0. The van der Waals surface area contributed by atoms with Crippen LogP contribution >= 0.6 is 46.4 Å². The molecule has 0 atom stereocenters. The Morgan fingerprint density at radius 2 is 1.54 bits per heavy atom. The second-order valence-corrected chi connectivity index (χ2v) is 9.99. The fourth-order valence-electron chi connectivity index (χ4n) is 3.49. The summed E-state index contributed by atoms with van der Waals surface area (Å²) in [5.74, 6) is 0.456. The Labute approximate surface area is 246 Å². The molecule has 4 rings (SSSR count). The number of ether oxygens (including phenoxy) is 2. The molecule has 0 bridgehead atoms. The first-order valence-electron chi connectivity index (χ1n) is 11.6. The van der Waals surface area contributed by atoms with Crippen LogP contribution in [-0.4, -0.2) is 5.91 Å².